The first-order valence-electron chi connectivity index (χ1n) is 6.73. The Balaban J connectivity index is 1.90. The second-order valence-corrected chi connectivity index (χ2v) is 7.03. The Morgan fingerprint density at radius 3 is 2.95 bits per heavy atom. The molecule has 2 heterocycles. The SMILES string of the molecule is O=C(O)CC1CSCCN1C(=O)c1csc2ccccc12. The summed E-state index contributed by atoms with van der Waals surface area (Å²) in [4.78, 5) is 25.5. The molecule has 0 radical (unpaired) electrons. The van der Waals surface area contributed by atoms with Crippen LogP contribution in [-0.2, 0) is 4.79 Å². The summed E-state index contributed by atoms with van der Waals surface area (Å²) in [5, 5.41) is 11.9. The fourth-order valence-corrected chi connectivity index (χ4v) is 4.59. The summed E-state index contributed by atoms with van der Waals surface area (Å²) in [5.41, 5.74) is 0.692. The second kappa shape index (κ2) is 6.07. The van der Waals surface area contributed by atoms with E-state index in [1.807, 2.05) is 29.6 Å². The summed E-state index contributed by atoms with van der Waals surface area (Å²) in [6, 6.07) is 7.61. The van der Waals surface area contributed by atoms with E-state index < -0.39 is 5.97 Å². The van der Waals surface area contributed by atoms with Gasteiger partial charge in [0.15, 0.2) is 0 Å². The normalized spacial score (nSPS) is 18.9. The van der Waals surface area contributed by atoms with Gasteiger partial charge in [-0.3, -0.25) is 9.59 Å². The molecule has 1 N–H and O–H groups in total. The van der Waals surface area contributed by atoms with Gasteiger partial charge in [-0.05, 0) is 6.07 Å². The van der Waals surface area contributed by atoms with Crippen molar-refractivity contribution in [2.45, 2.75) is 12.5 Å². The lowest BCUT2D eigenvalue weighted by atomic mass is 10.1. The van der Waals surface area contributed by atoms with E-state index in [9.17, 15) is 9.59 Å². The van der Waals surface area contributed by atoms with Gasteiger partial charge in [0.1, 0.15) is 0 Å². The number of carbonyl (C=O) groups is 2. The highest BCUT2D eigenvalue weighted by molar-refractivity contribution is 7.99. The van der Waals surface area contributed by atoms with Crippen molar-refractivity contribution in [2.24, 2.45) is 0 Å². The number of benzene rings is 1. The predicted octanol–water partition coefficient (Wildman–Crippen LogP) is 2.93. The van der Waals surface area contributed by atoms with Crippen molar-refractivity contribution in [3.63, 3.8) is 0 Å². The van der Waals surface area contributed by atoms with Crippen LogP contribution in [0, 0.1) is 0 Å². The minimum absolute atomic E-state index is 0.0147. The lowest BCUT2D eigenvalue weighted by Crippen LogP contribution is -2.47. The molecular weight excluding hydrogens is 306 g/mol. The topological polar surface area (TPSA) is 57.6 Å². The molecule has 0 aliphatic carbocycles. The lowest BCUT2D eigenvalue weighted by molar-refractivity contribution is -0.138. The van der Waals surface area contributed by atoms with E-state index in [0.29, 0.717) is 17.9 Å². The van der Waals surface area contributed by atoms with Crippen LogP contribution in [0.15, 0.2) is 29.6 Å². The van der Waals surface area contributed by atoms with Crippen LogP contribution in [-0.4, -0.2) is 46.0 Å². The summed E-state index contributed by atoms with van der Waals surface area (Å²) < 4.78 is 1.09. The number of amides is 1. The average Bonchev–Trinajstić information content (AvgIpc) is 2.90. The Kier molecular flexibility index (Phi) is 4.17. The molecule has 6 heteroatoms. The molecule has 3 rings (SSSR count). The zero-order valence-corrected chi connectivity index (χ0v) is 13.0. The van der Waals surface area contributed by atoms with E-state index in [2.05, 4.69) is 0 Å². The molecular formula is C15H15NO3S2. The maximum Gasteiger partial charge on any atom is 0.305 e. The maximum absolute atomic E-state index is 12.8. The molecule has 110 valence electrons. The maximum atomic E-state index is 12.8. The third-order valence-electron chi connectivity index (χ3n) is 3.61. The third-order valence-corrected chi connectivity index (χ3v) is 5.67. The summed E-state index contributed by atoms with van der Waals surface area (Å²) in [6.07, 6.45) is 0.0147. The van der Waals surface area contributed by atoms with Gasteiger partial charge in [-0.1, -0.05) is 18.2 Å². The van der Waals surface area contributed by atoms with Gasteiger partial charge >= 0.3 is 5.97 Å². The minimum atomic E-state index is -0.851. The van der Waals surface area contributed by atoms with Crippen molar-refractivity contribution in [2.75, 3.05) is 18.1 Å². The number of hydrogen-bond acceptors (Lipinski definition) is 4. The standard InChI is InChI=1S/C15H15NO3S2/c17-14(18)7-10-8-20-6-5-16(10)15(19)12-9-21-13-4-2-1-3-11(12)13/h1-4,9-10H,5-8H2,(H,17,18). The van der Waals surface area contributed by atoms with Gasteiger partial charge in [0.25, 0.3) is 5.91 Å². The number of carboxylic acid groups (broad SMARTS) is 1. The molecule has 1 aliphatic heterocycles. The molecule has 0 spiro atoms. The van der Waals surface area contributed by atoms with Crippen molar-refractivity contribution in [3.05, 3.63) is 35.2 Å². The van der Waals surface area contributed by atoms with Crippen LogP contribution in [0.3, 0.4) is 0 Å². The molecule has 1 aromatic heterocycles. The van der Waals surface area contributed by atoms with Gasteiger partial charge in [0.2, 0.25) is 0 Å². The van der Waals surface area contributed by atoms with Gasteiger partial charge < -0.3 is 10.0 Å². The molecule has 0 saturated carbocycles. The van der Waals surface area contributed by atoms with Crippen molar-refractivity contribution in [3.8, 4) is 0 Å². The van der Waals surface area contributed by atoms with E-state index in [1.165, 1.54) is 0 Å². The first-order chi connectivity index (χ1) is 10.2. The number of fused-ring (bicyclic) bond motifs is 1. The van der Waals surface area contributed by atoms with E-state index in [4.69, 9.17) is 5.11 Å². The number of rotatable bonds is 3. The molecule has 0 bridgehead atoms. The first kappa shape index (κ1) is 14.4. The number of thiophene rings is 1. The third kappa shape index (κ3) is 2.91. The van der Waals surface area contributed by atoms with E-state index in [1.54, 1.807) is 28.0 Å². The van der Waals surface area contributed by atoms with E-state index in [0.717, 1.165) is 15.8 Å². The monoisotopic (exact) mass is 321 g/mol. The van der Waals surface area contributed by atoms with Crippen molar-refractivity contribution in [1.82, 2.24) is 4.90 Å². The quantitative estimate of drug-likeness (QED) is 0.944. The molecule has 1 fully saturated rings. The van der Waals surface area contributed by atoms with Gasteiger partial charge in [-0.2, -0.15) is 11.8 Å². The molecule has 21 heavy (non-hydrogen) atoms. The number of nitrogens with zero attached hydrogens (tertiary/aromatic N) is 1. The minimum Gasteiger partial charge on any atom is -0.481 e. The zero-order valence-electron chi connectivity index (χ0n) is 11.3. The largest absolute Gasteiger partial charge is 0.481 e. The molecule has 4 nitrogen and oxygen atoms in total. The Morgan fingerprint density at radius 2 is 2.14 bits per heavy atom. The van der Waals surface area contributed by atoms with Gasteiger partial charge in [-0.25, -0.2) is 0 Å². The molecule has 1 atom stereocenters. The Labute approximate surface area is 130 Å². The molecule has 1 amide bonds. The van der Waals surface area contributed by atoms with Crippen LogP contribution in [0.4, 0.5) is 0 Å². The molecule has 1 saturated heterocycles. The number of hydrogen-bond donors (Lipinski definition) is 1. The molecule has 1 aliphatic rings. The predicted molar refractivity (Wildman–Crippen MR) is 86.2 cm³/mol. The van der Waals surface area contributed by atoms with Crippen LogP contribution in [0.25, 0.3) is 10.1 Å². The smallest absolute Gasteiger partial charge is 0.305 e. The Morgan fingerprint density at radius 1 is 1.33 bits per heavy atom. The number of carbonyl (C=O) groups excluding carboxylic acids is 1. The zero-order chi connectivity index (χ0) is 14.8. The summed E-state index contributed by atoms with van der Waals surface area (Å²) in [5.74, 6) is 0.666. The van der Waals surface area contributed by atoms with Crippen molar-refractivity contribution < 1.29 is 14.7 Å². The highest BCUT2D eigenvalue weighted by Gasteiger charge is 2.30. The molecule has 1 unspecified atom stereocenters. The fraction of sp³-hybridized carbons (Fsp3) is 0.333. The van der Waals surface area contributed by atoms with Crippen LogP contribution in [0.2, 0.25) is 0 Å². The van der Waals surface area contributed by atoms with Gasteiger partial charge in [-0.15, -0.1) is 11.3 Å². The first-order valence-corrected chi connectivity index (χ1v) is 8.77. The van der Waals surface area contributed by atoms with Crippen LogP contribution in [0.1, 0.15) is 16.8 Å². The van der Waals surface area contributed by atoms with Gasteiger partial charge in [0, 0.05) is 33.5 Å². The summed E-state index contributed by atoms with van der Waals surface area (Å²) in [7, 11) is 0. The van der Waals surface area contributed by atoms with Gasteiger partial charge in [0.05, 0.1) is 18.0 Å². The van der Waals surface area contributed by atoms with Crippen molar-refractivity contribution >= 4 is 45.1 Å². The summed E-state index contributed by atoms with van der Waals surface area (Å²) >= 11 is 3.26. The summed E-state index contributed by atoms with van der Waals surface area (Å²) in [6.45, 7) is 0.617. The lowest BCUT2D eigenvalue weighted by Gasteiger charge is -2.34. The van der Waals surface area contributed by atoms with Crippen LogP contribution < -0.4 is 0 Å². The molecule has 2 aromatic rings. The molecule has 1 aromatic carbocycles. The average molecular weight is 321 g/mol. The fourth-order valence-electron chi connectivity index (χ4n) is 2.59. The van der Waals surface area contributed by atoms with Crippen LogP contribution in [0.5, 0.6) is 0 Å². The highest BCUT2D eigenvalue weighted by Crippen LogP contribution is 2.29. The number of carboxylic acids is 1. The van der Waals surface area contributed by atoms with E-state index >= 15 is 0 Å². The highest BCUT2D eigenvalue weighted by atomic mass is 32.2. The Bertz CT molecular complexity index is 682. The van der Waals surface area contributed by atoms with Crippen LogP contribution >= 0.6 is 23.1 Å². The van der Waals surface area contributed by atoms with E-state index in [-0.39, 0.29) is 18.4 Å². The number of thioether (sulfide) groups is 1. The Hall–Kier alpha value is -1.53. The van der Waals surface area contributed by atoms with Crippen molar-refractivity contribution in [1.29, 1.82) is 0 Å². The second-order valence-electron chi connectivity index (χ2n) is 4.97. The number of aliphatic carboxylic acids is 1.